The van der Waals surface area contributed by atoms with Gasteiger partial charge in [-0.25, -0.2) is 12.7 Å². The predicted molar refractivity (Wildman–Crippen MR) is 119 cm³/mol. The van der Waals surface area contributed by atoms with Crippen molar-refractivity contribution in [3.05, 3.63) is 70.3 Å². The molecule has 6 heteroatoms. The molecule has 0 aromatic heterocycles. The van der Waals surface area contributed by atoms with Crippen molar-refractivity contribution in [3.8, 4) is 0 Å². The maximum atomic E-state index is 12.7. The number of hydrogen-bond acceptors (Lipinski definition) is 3. The van der Waals surface area contributed by atoms with Gasteiger partial charge in [0.1, 0.15) is 0 Å². The van der Waals surface area contributed by atoms with Crippen molar-refractivity contribution in [2.24, 2.45) is 0 Å². The summed E-state index contributed by atoms with van der Waals surface area (Å²) in [6.45, 7) is 3.22. The van der Waals surface area contributed by atoms with Crippen molar-refractivity contribution in [1.82, 2.24) is 9.62 Å². The van der Waals surface area contributed by atoms with Crippen LogP contribution < -0.4 is 5.32 Å². The molecule has 0 radical (unpaired) electrons. The maximum absolute atomic E-state index is 12.7. The highest BCUT2D eigenvalue weighted by Gasteiger charge is 2.24. The van der Waals surface area contributed by atoms with E-state index in [1.54, 1.807) is 28.6 Å². The van der Waals surface area contributed by atoms with E-state index < -0.39 is 10.0 Å². The Balaban J connectivity index is 1.38. The van der Waals surface area contributed by atoms with Crippen molar-refractivity contribution in [2.45, 2.75) is 57.2 Å². The highest BCUT2D eigenvalue weighted by molar-refractivity contribution is 7.88. The molecule has 2 aliphatic rings. The summed E-state index contributed by atoms with van der Waals surface area (Å²) in [4.78, 5) is 12.7. The second kappa shape index (κ2) is 8.90. The van der Waals surface area contributed by atoms with Crippen LogP contribution in [0.1, 0.15) is 71.3 Å². The zero-order valence-electron chi connectivity index (χ0n) is 17.6. The average molecular weight is 427 g/mol. The van der Waals surface area contributed by atoms with Crippen LogP contribution in [0.15, 0.2) is 42.5 Å². The fraction of sp³-hybridized carbons (Fsp3) is 0.458. The normalized spacial score (nSPS) is 18.0. The van der Waals surface area contributed by atoms with Gasteiger partial charge in [-0.2, -0.15) is 0 Å². The Morgan fingerprint density at radius 1 is 0.967 bits per heavy atom. The van der Waals surface area contributed by atoms with E-state index >= 15 is 0 Å². The molecule has 0 bridgehead atoms. The summed E-state index contributed by atoms with van der Waals surface area (Å²) in [6.07, 6.45) is 6.43. The fourth-order valence-corrected chi connectivity index (χ4v) is 6.03. The van der Waals surface area contributed by atoms with Gasteiger partial charge < -0.3 is 5.32 Å². The third kappa shape index (κ3) is 4.76. The number of benzene rings is 2. The average Bonchev–Trinajstić information content (AvgIpc) is 3.22. The van der Waals surface area contributed by atoms with Gasteiger partial charge in [-0.05, 0) is 73.4 Å². The molecule has 2 aromatic rings. The summed E-state index contributed by atoms with van der Waals surface area (Å²) in [5.74, 6) is -0.158. The van der Waals surface area contributed by atoms with Crippen LogP contribution in [0.3, 0.4) is 0 Å². The molecule has 1 saturated heterocycles. The lowest BCUT2D eigenvalue weighted by Crippen LogP contribution is -2.36. The van der Waals surface area contributed by atoms with Gasteiger partial charge in [-0.15, -0.1) is 0 Å². The monoisotopic (exact) mass is 426 g/mol. The summed E-state index contributed by atoms with van der Waals surface area (Å²) in [7, 11) is -3.30. The zero-order chi connectivity index (χ0) is 21.1. The third-order valence-electron chi connectivity index (χ3n) is 6.24. The Morgan fingerprint density at radius 2 is 1.67 bits per heavy atom. The van der Waals surface area contributed by atoms with Gasteiger partial charge in [0.2, 0.25) is 10.0 Å². The van der Waals surface area contributed by atoms with E-state index in [-0.39, 0.29) is 17.7 Å². The maximum Gasteiger partial charge on any atom is 0.251 e. The van der Waals surface area contributed by atoms with Crippen LogP contribution in [0.4, 0.5) is 0 Å². The number of nitrogens with zero attached hydrogens (tertiary/aromatic N) is 1. The quantitative estimate of drug-likeness (QED) is 0.760. The first kappa shape index (κ1) is 21.1. The molecule has 4 rings (SSSR count). The number of sulfonamides is 1. The number of piperidine rings is 1. The smallest absolute Gasteiger partial charge is 0.251 e. The van der Waals surface area contributed by atoms with E-state index in [0.29, 0.717) is 24.2 Å². The Morgan fingerprint density at radius 3 is 2.40 bits per heavy atom. The molecule has 2 aromatic carbocycles. The predicted octanol–water partition coefficient (Wildman–Crippen LogP) is 3.98. The molecule has 1 amide bonds. The second-order valence-corrected chi connectivity index (χ2v) is 10.5. The van der Waals surface area contributed by atoms with E-state index in [1.807, 2.05) is 6.92 Å². The van der Waals surface area contributed by atoms with Crippen molar-refractivity contribution >= 4 is 15.9 Å². The largest absolute Gasteiger partial charge is 0.346 e. The molecule has 0 saturated carbocycles. The van der Waals surface area contributed by atoms with E-state index in [1.165, 1.54) is 17.5 Å². The lowest BCUT2D eigenvalue weighted by atomic mass is 10.0. The van der Waals surface area contributed by atoms with E-state index in [9.17, 15) is 13.2 Å². The molecule has 5 nitrogen and oxygen atoms in total. The van der Waals surface area contributed by atoms with Crippen molar-refractivity contribution in [3.63, 3.8) is 0 Å². The third-order valence-corrected chi connectivity index (χ3v) is 8.09. The first-order chi connectivity index (χ1) is 14.4. The molecule has 1 aliphatic heterocycles. The number of fused-ring (bicyclic) bond motifs is 1. The number of aryl methyl sites for hydroxylation is 2. The van der Waals surface area contributed by atoms with E-state index in [2.05, 4.69) is 23.5 Å². The minimum atomic E-state index is -3.30. The molecule has 1 atom stereocenters. The van der Waals surface area contributed by atoms with E-state index in [4.69, 9.17) is 0 Å². The summed E-state index contributed by atoms with van der Waals surface area (Å²) >= 11 is 0. The van der Waals surface area contributed by atoms with Gasteiger partial charge in [0, 0.05) is 18.7 Å². The Kier molecular flexibility index (Phi) is 6.25. The van der Waals surface area contributed by atoms with Crippen LogP contribution >= 0.6 is 0 Å². The number of carbonyl (C=O) groups is 1. The lowest BCUT2D eigenvalue weighted by molar-refractivity contribution is 0.0940. The minimum Gasteiger partial charge on any atom is -0.346 e. The molecule has 1 aliphatic carbocycles. The molecule has 30 heavy (non-hydrogen) atoms. The SMILES string of the molecule is CC(NC(=O)c1ccc(CS(=O)(=O)N2CCCCC2)cc1)c1ccc2c(c1)CCC2. The summed E-state index contributed by atoms with van der Waals surface area (Å²) in [5, 5.41) is 3.06. The Labute approximate surface area is 179 Å². The summed E-state index contributed by atoms with van der Waals surface area (Å²) in [5.41, 5.74) is 5.19. The van der Waals surface area contributed by atoms with Crippen molar-refractivity contribution in [2.75, 3.05) is 13.1 Å². The number of carbonyl (C=O) groups excluding carboxylic acids is 1. The molecular formula is C24H30N2O3S. The first-order valence-corrected chi connectivity index (χ1v) is 12.5. The standard InChI is InChI=1S/C24H30N2O3S/c1-18(22-13-12-20-6-5-7-23(20)16-22)25-24(27)21-10-8-19(9-11-21)17-30(28,29)26-14-3-2-4-15-26/h8-13,16,18H,2-7,14-15,17H2,1H3,(H,25,27). The highest BCUT2D eigenvalue weighted by atomic mass is 32.2. The first-order valence-electron chi connectivity index (χ1n) is 10.9. The fourth-order valence-electron chi connectivity index (χ4n) is 4.42. The van der Waals surface area contributed by atoms with Crippen LogP contribution in [0, 0.1) is 0 Å². The van der Waals surface area contributed by atoms with Crippen LogP contribution in [0.5, 0.6) is 0 Å². The molecule has 1 fully saturated rings. The van der Waals surface area contributed by atoms with Crippen LogP contribution in [-0.4, -0.2) is 31.7 Å². The van der Waals surface area contributed by atoms with Crippen molar-refractivity contribution in [1.29, 1.82) is 0 Å². The number of hydrogen-bond donors (Lipinski definition) is 1. The van der Waals surface area contributed by atoms with Gasteiger partial charge in [0.05, 0.1) is 11.8 Å². The van der Waals surface area contributed by atoms with Crippen LogP contribution in [0.25, 0.3) is 0 Å². The molecule has 160 valence electrons. The van der Waals surface area contributed by atoms with Gasteiger partial charge in [0.25, 0.3) is 5.91 Å². The van der Waals surface area contributed by atoms with Crippen LogP contribution in [-0.2, 0) is 28.6 Å². The second-order valence-electron chi connectivity index (χ2n) is 8.49. The molecule has 1 heterocycles. The van der Waals surface area contributed by atoms with Gasteiger partial charge >= 0.3 is 0 Å². The molecular weight excluding hydrogens is 396 g/mol. The van der Waals surface area contributed by atoms with Gasteiger partial charge in [-0.1, -0.05) is 36.8 Å². The molecule has 0 spiro atoms. The van der Waals surface area contributed by atoms with E-state index in [0.717, 1.165) is 37.7 Å². The Hall–Kier alpha value is -2.18. The Bertz CT molecular complexity index is 1010. The summed E-state index contributed by atoms with van der Waals surface area (Å²) < 4.78 is 26.8. The minimum absolute atomic E-state index is 0.0135. The number of amides is 1. The highest BCUT2D eigenvalue weighted by Crippen LogP contribution is 2.25. The van der Waals surface area contributed by atoms with Crippen LogP contribution in [0.2, 0.25) is 0 Å². The van der Waals surface area contributed by atoms with Crippen molar-refractivity contribution < 1.29 is 13.2 Å². The number of rotatable bonds is 6. The molecule has 1 N–H and O–H groups in total. The topological polar surface area (TPSA) is 66.5 Å². The zero-order valence-corrected chi connectivity index (χ0v) is 18.4. The molecule has 1 unspecified atom stereocenters. The summed E-state index contributed by atoms with van der Waals surface area (Å²) in [6, 6.07) is 13.3. The van der Waals surface area contributed by atoms with Gasteiger partial charge in [-0.3, -0.25) is 4.79 Å². The van der Waals surface area contributed by atoms with Gasteiger partial charge in [0.15, 0.2) is 0 Å². The number of nitrogens with one attached hydrogen (secondary N) is 1. The lowest BCUT2D eigenvalue weighted by Gasteiger charge is -2.25.